The van der Waals surface area contributed by atoms with Crippen LogP contribution in [-0.2, 0) is 0 Å². The highest BCUT2D eigenvalue weighted by Gasteiger charge is 1.99. The monoisotopic (exact) mass is 229 g/mol. The molecule has 0 bridgehead atoms. The summed E-state index contributed by atoms with van der Waals surface area (Å²) in [6, 6.07) is 7.49. The van der Waals surface area contributed by atoms with Crippen molar-refractivity contribution in [2.24, 2.45) is 0 Å². The van der Waals surface area contributed by atoms with Crippen molar-refractivity contribution in [3.8, 4) is 0 Å². The number of rotatable bonds is 5. The number of anilines is 3. The zero-order valence-corrected chi connectivity index (χ0v) is 9.72. The van der Waals surface area contributed by atoms with E-state index in [0.717, 1.165) is 24.6 Å². The molecule has 2 aromatic rings. The van der Waals surface area contributed by atoms with E-state index >= 15 is 0 Å². The Bertz CT molecular complexity index is 457. The van der Waals surface area contributed by atoms with Gasteiger partial charge in [0.1, 0.15) is 11.6 Å². The van der Waals surface area contributed by atoms with Gasteiger partial charge in [0, 0.05) is 18.9 Å². The van der Waals surface area contributed by atoms with Crippen molar-refractivity contribution >= 4 is 17.6 Å². The molecule has 0 saturated heterocycles. The number of pyridine rings is 1. The molecule has 2 heterocycles. The zero-order valence-electron chi connectivity index (χ0n) is 9.72. The minimum Gasteiger partial charge on any atom is -0.370 e. The summed E-state index contributed by atoms with van der Waals surface area (Å²) in [6.07, 6.45) is 4.50. The number of nitrogens with zero attached hydrogens (tertiary/aromatic N) is 3. The van der Waals surface area contributed by atoms with Crippen molar-refractivity contribution in [1.82, 2.24) is 15.0 Å². The average Bonchev–Trinajstić information content (AvgIpc) is 2.38. The molecule has 0 aliphatic carbocycles. The lowest BCUT2D eigenvalue weighted by Crippen LogP contribution is -2.04. The molecule has 0 atom stereocenters. The largest absolute Gasteiger partial charge is 0.370 e. The van der Waals surface area contributed by atoms with Crippen LogP contribution in [0.5, 0.6) is 0 Å². The molecular weight excluding hydrogens is 214 g/mol. The zero-order chi connectivity index (χ0) is 11.9. The molecule has 0 aliphatic heterocycles. The second-order valence-electron chi connectivity index (χ2n) is 3.53. The highest BCUT2D eigenvalue weighted by molar-refractivity contribution is 5.49. The minimum atomic E-state index is 0.546. The lowest BCUT2D eigenvalue weighted by molar-refractivity contribution is 0.965. The molecule has 2 N–H and O–H groups in total. The Hall–Kier alpha value is -2.17. The van der Waals surface area contributed by atoms with Crippen LogP contribution in [-0.4, -0.2) is 21.5 Å². The molecule has 0 amide bonds. The Morgan fingerprint density at radius 3 is 2.76 bits per heavy atom. The van der Waals surface area contributed by atoms with Gasteiger partial charge in [-0.2, -0.15) is 4.98 Å². The molecule has 0 fully saturated rings. The Morgan fingerprint density at radius 2 is 2.00 bits per heavy atom. The predicted octanol–water partition coefficient (Wildman–Crippen LogP) is 2.44. The second-order valence-corrected chi connectivity index (χ2v) is 3.53. The molecule has 5 heteroatoms. The van der Waals surface area contributed by atoms with Gasteiger partial charge in [-0.15, -0.1) is 0 Å². The molecule has 0 aromatic carbocycles. The smallest absolute Gasteiger partial charge is 0.230 e. The maximum absolute atomic E-state index is 4.33. The highest BCUT2D eigenvalue weighted by atomic mass is 15.2. The lowest BCUT2D eigenvalue weighted by Gasteiger charge is -2.06. The Morgan fingerprint density at radius 1 is 1.06 bits per heavy atom. The molecule has 88 valence electrons. The summed E-state index contributed by atoms with van der Waals surface area (Å²) in [5.74, 6) is 2.10. The van der Waals surface area contributed by atoms with E-state index in [1.165, 1.54) is 0 Å². The first-order valence-electron chi connectivity index (χ1n) is 5.63. The van der Waals surface area contributed by atoms with E-state index < -0.39 is 0 Å². The van der Waals surface area contributed by atoms with Gasteiger partial charge in [-0.25, -0.2) is 9.97 Å². The normalized spacial score (nSPS) is 9.94. The summed E-state index contributed by atoms with van der Waals surface area (Å²) in [5, 5.41) is 6.26. The molecule has 0 spiro atoms. The fourth-order valence-electron chi connectivity index (χ4n) is 1.32. The quantitative estimate of drug-likeness (QED) is 0.824. The molecule has 17 heavy (non-hydrogen) atoms. The van der Waals surface area contributed by atoms with Crippen molar-refractivity contribution in [1.29, 1.82) is 0 Å². The fourth-order valence-corrected chi connectivity index (χ4v) is 1.32. The summed E-state index contributed by atoms with van der Waals surface area (Å²) in [5.41, 5.74) is 0. The molecule has 0 unspecified atom stereocenters. The molecule has 5 nitrogen and oxygen atoms in total. The van der Waals surface area contributed by atoms with Crippen LogP contribution in [0.15, 0.2) is 36.7 Å². The summed E-state index contributed by atoms with van der Waals surface area (Å²) in [4.78, 5) is 12.6. The van der Waals surface area contributed by atoms with E-state index in [2.05, 4.69) is 32.5 Å². The van der Waals surface area contributed by atoms with Gasteiger partial charge >= 0.3 is 0 Å². The number of aromatic nitrogens is 3. The third-order valence-corrected chi connectivity index (χ3v) is 2.12. The Labute approximate surface area is 100 Å². The van der Waals surface area contributed by atoms with Gasteiger partial charge in [0.25, 0.3) is 0 Å². The first-order valence-corrected chi connectivity index (χ1v) is 5.63. The van der Waals surface area contributed by atoms with Crippen molar-refractivity contribution < 1.29 is 0 Å². The van der Waals surface area contributed by atoms with Gasteiger partial charge < -0.3 is 10.6 Å². The van der Waals surface area contributed by atoms with Crippen molar-refractivity contribution in [2.75, 3.05) is 17.2 Å². The van der Waals surface area contributed by atoms with E-state index in [4.69, 9.17) is 0 Å². The molecule has 0 aliphatic rings. The Kier molecular flexibility index (Phi) is 3.85. The van der Waals surface area contributed by atoms with Crippen LogP contribution < -0.4 is 10.6 Å². The molecule has 0 radical (unpaired) electrons. The minimum absolute atomic E-state index is 0.546. The number of hydrogen-bond donors (Lipinski definition) is 2. The van der Waals surface area contributed by atoms with E-state index in [0.29, 0.717) is 5.95 Å². The van der Waals surface area contributed by atoms with Gasteiger partial charge in [-0.1, -0.05) is 13.0 Å². The van der Waals surface area contributed by atoms with Gasteiger partial charge in [-0.05, 0) is 24.6 Å². The summed E-state index contributed by atoms with van der Waals surface area (Å²) >= 11 is 0. The van der Waals surface area contributed by atoms with Crippen LogP contribution in [0.3, 0.4) is 0 Å². The van der Waals surface area contributed by atoms with Crippen molar-refractivity contribution in [3.63, 3.8) is 0 Å². The van der Waals surface area contributed by atoms with Crippen LogP contribution in [0, 0.1) is 0 Å². The third-order valence-electron chi connectivity index (χ3n) is 2.12. The van der Waals surface area contributed by atoms with Crippen LogP contribution in [0.4, 0.5) is 17.6 Å². The van der Waals surface area contributed by atoms with Crippen LogP contribution in [0.2, 0.25) is 0 Å². The molecule has 2 aromatic heterocycles. The Balaban J connectivity index is 2.06. The van der Waals surface area contributed by atoms with Gasteiger partial charge in [0.15, 0.2) is 0 Å². The average molecular weight is 229 g/mol. The maximum atomic E-state index is 4.33. The van der Waals surface area contributed by atoms with Gasteiger partial charge in [0.2, 0.25) is 5.95 Å². The van der Waals surface area contributed by atoms with Crippen LogP contribution >= 0.6 is 0 Å². The molecule has 0 saturated carbocycles. The van der Waals surface area contributed by atoms with Crippen molar-refractivity contribution in [3.05, 3.63) is 36.7 Å². The number of nitrogens with one attached hydrogen (secondary N) is 2. The van der Waals surface area contributed by atoms with E-state index in [9.17, 15) is 0 Å². The first-order chi connectivity index (χ1) is 8.38. The second kappa shape index (κ2) is 5.79. The standard InChI is InChI=1S/C12H15N5/c1-2-7-13-11-6-9-15-12(17-11)16-10-5-3-4-8-14-10/h3-6,8-9H,2,7H2,1H3,(H2,13,14,15,16,17). The fraction of sp³-hybridized carbons (Fsp3) is 0.250. The van der Waals surface area contributed by atoms with Gasteiger partial charge in [0.05, 0.1) is 0 Å². The summed E-state index contributed by atoms with van der Waals surface area (Å²) in [7, 11) is 0. The topological polar surface area (TPSA) is 62.7 Å². The maximum Gasteiger partial charge on any atom is 0.230 e. The van der Waals surface area contributed by atoms with Crippen LogP contribution in [0.25, 0.3) is 0 Å². The van der Waals surface area contributed by atoms with Crippen LogP contribution in [0.1, 0.15) is 13.3 Å². The van der Waals surface area contributed by atoms with E-state index in [-0.39, 0.29) is 0 Å². The summed E-state index contributed by atoms with van der Waals surface area (Å²) in [6.45, 7) is 3.02. The number of hydrogen-bond acceptors (Lipinski definition) is 5. The summed E-state index contributed by atoms with van der Waals surface area (Å²) < 4.78 is 0. The molecule has 2 rings (SSSR count). The lowest BCUT2D eigenvalue weighted by atomic mass is 10.4. The van der Waals surface area contributed by atoms with E-state index in [1.54, 1.807) is 12.4 Å². The molecular formula is C12H15N5. The first kappa shape index (κ1) is 11.3. The SMILES string of the molecule is CCCNc1ccnc(Nc2ccccn2)n1. The van der Waals surface area contributed by atoms with Crippen molar-refractivity contribution in [2.45, 2.75) is 13.3 Å². The predicted molar refractivity (Wildman–Crippen MR) is 68.3 cm³/mol. The third kappa shape index (κ3) is 3.41. The van der Waals surface area contributed by atoms with E-state index in [1.807, 2.05) is 24.3 Å². The highest BCUT2D eigenvalue weighted by Crippen LogP contribution is 2.10. The van der Waals surface area contributed by atoms with Gasteiger partial charge in [-0.3, -0.25) is 0 Å².